The molecular weight excluding hydrogens is 339 g/mol. The van der Waals surface area contributed by atoms with Gasteiger partial charge in [-0.15, -0.1) is 0 Å². The first-order valence-electron chi connectivity index (χ1n) is 9.42. The second kappa shape index (κ2) is 8.23. The van der Waals surface area contributed by atoms with Crippen LogP contribution in [-0.4, -0.2) is 26.2 Å². The van der Waals surface area contributed by atoms with Crippen LogP contribution in [-0.2, 0) is 6.54 Å². The average molecular weight is 363 g/mol. The number of hydrogen-bond donors (Lipinski definition) is 1. The quantitative estimate of drug-likeness (QED) is 0.747. The minimum Gasteiger partial charge on any atom is -0.457 e. The predicted molar refractivity (Wildman–Crippen MR) is 106 cm³/mol. The summed E-state index contributed by atoms with van der Waals surface area (Å²) in [7, 11) is 0. The highest BCUT2D eigenvalue weighted by Gasteiger charge is 2.20. The number of benzene rings is 3. The lowest BCUT2D eigenvalue weighted by Crippen LogP contribution is -3.13. The van der Waals surface area contributed by atoms with Crippen LogP contribution in [0.1, 0.15) is 5.56 Å². The maximum Gasteiger partial charge on any atom is 0.127 e. The Kier molecular flexibility index (Phi) is 5.35. The zero-order valence-corrected chi connectivity index (χ0v) is 15.3. The number of piperazine rings is 1. The number of para-hydroxylation sites is 1. The number of nitrogens with zero attached hydrogens (tertiary/aromatic N) is 1. The Balaban J connectivity index is 1.34. The van der Waals surface area contributed by atoms with Gasteiger partial charge in [0.2, 0.25) is 0 Å². The maximum atomic E-state index is 13.1. The van der Waals surface area contributed by atoms with Gasteiger partial charge in [0, 0.05) is 11.3 Å². The van der Waals surface area contributed by atoms with Crippen LogP contribution < -0.4 is 14.5 Å². The lowest BCUT2D eigenvalue weighted by Gasteiger charge is -2.33. The van der Waals surface area contributed by atoms with E-state index in [1.54, 1.807) is 4.90 Å². The highest BCUT2D eigenvalue weighted by Crippen LogP contribution is 2.21. The summed E-state index contributed by atoms with van der Waals surface area (Å²) in [4.78, 5) is 3.89. The molecule has 1 aliphatic rings. The maximum absolute atomic E-state index is 13.1. The molecule has 4 heteroatoms. The van der Waals surface area contributed by atoms with E-state index in [2.05, 4.69) is 23.1 Å². The molecule has 0 amide bonds. The zero-order chi connectivity index (χ0) is 18.5. The molecule has 0 aromatic heterocycles. The van der Waals surface area contributed by atoms with Crippen LogP contribution in [0, 0.1) is 5.82 Å². The Hall–Kier alpha value is -2.85. The Labute approximate surface area is 159 Å². The number of hydrogen-bond acceptors (Lipinski definition) is 2. The first-order valence-corrected chi connectivity index (χ1v) is 9.42. The van der Waals surface area contributed by atoms with Gasteiger partial charge in [-0.05, 0) is 48.5 Å². The molecule has 0 aliphatic carbocycles. The first kappa shape index (κ1) is 17.6. The highest BCUT2D eigenvalue weighted by molar-refractivity contribution is 5.46. The molecule has 0 bridgehead atoms. The van der Waals surface area contributed by atoms with Gasteiger partial charge in [0.25, 0.3) is 0 Å². The van der Waals surface area contributed by atoms with Gasteiger partial charge >= 0.3 is 0 Å². The fourth-order valence-corrected chi connectivity index (χ4v) is 3.54. The van der Waals surface area contributed by atoms with Crippen LogP contribution in [0.4, 0.5) is 10.1 Å². The van der Waals surface area contributed by atoms with E-state index in [1.807, 2.05) is 48.5 Å². The molecule has 27 heavy (non-hydrogen) atoms. The molecule has 1 N–H and O–H groups in total. The SMILES string of the molecule is Fc1ccc(N2CC[NH+](Cc3cccc(Oc4ccccc4)c3)CC2)cc1. The minimum absolute atomic E-state index is 0.180. The summed E-state index contributed by atoms with van der Waals surface area (Å²) in [6.07, 6.45) is 0. The van der Waals surface area contributed by atoms with Crippen molar-refractivity contribution in [2.45, 2.75) is 6.54 Å². The Morgan fingerprint density at radius 3 is 2.26 bits per heavy atom. The van der Waals surface area contributed by atoms with E-state index < -0.39 is 0 Å². The molecule has 0 spiro atoms. The van der Waals surface area contributed by atoms with Crippen LogP contribution >= 0.6 is 0 Å². The Morgan fingerprint density at radius 1 is 0.815 bits per heavy atom. The van der Waals surface area contributed by atoms with Gasteiger partial charge in [0.1, 0.15) is 23.9 Å². The van der Waals surface area contributed by atoms with E-state index in [1.165, 1.54) is 17.7 Å². The molecule has 3 aromatic rings. The van der Waals surface area contributed by atoms with Crippen LogP contribution in [0.2, 0.25) is 0 Å². The van der Waals surface area contributed by atoms with Crippen molar-refractivity contribution in [3.8, 4) is 11.5 Å². The van der Waals surface area contributed by atoms with Gasteiger partial charge in [-0.2, -0.15) is 0 Å². The number of nitrogens with one attached hydrogen (secondary N) is 1. The third kappa shape index (κ3) is 4.66. The van der Waals surface area contributed by atoms with Crippen molar-refractivity contribution < 1.29 is 14.0 Å². The van der Waals surface area contributed by atoms with Crippen molar-refractivity contribution in [1.29, 1.82) is 0 Å². The third-order valence-corrected chi connectivity index (χ3v) is 4.99. The van der Waals surface area contributed by atoms with Crippen molar-refractivity contribution >= 4 is 5.69 Å². The van der Waals surface area contributed by atoms with Crippen LogP contribution in [0.3, 0.4) is 0 Å². The monoisotopic (exact) mass is 363 g/mol. The summed E-state index contributed by atoms with van der Waals surface area (Å²) in [5, 5.41) is 0. The molecule has 0 atom stereocenters. The normalized spacial score (nSPS) is 14.9. The van der Waals surface area contributed by atoms with Crippen molar-refractivity contribution in [1.82, 2.24) is 0 Å². The van der Waals surface area contributed by atoms with E-state index >= 15 is 0 Å². The van der Waals surface area contributed by atoms with Crippen molar-refractivity contribution in [2.24, 2.45) is 0 Å². The van der Waals surface area contributed by atoms with E-state index in [9.17, 15) is 4.39 Å². The lowest BCUT2D eigenvalue weighted by atomic mass is 10.1. The van der Waals surface area contributed by atoms with Crippen LogP contribution in [0.5, 0.6) is 11.5 Å². The molecule has 0 unspecified atom stereocenters. The zero-order valence-electron chi connectivity index (χ0n) is 15.3. The van der Waals surface area contributed by atoms with E-state index in [-0.39, 0.29) is 5.82 Å². The molecule has 1 aliphatic heterocycles. The van der Waals surface area contributed by atoms with Crippen molar-refractivity contribution in [3.63, 3.8) is 0 Å². The molecule has 0 radical (unpaired) electrons. The molecule has 3 aromatic carbocycles. The number of ether oxygens (including phenoxy) is 1. The largest absolute Gasteiger partial charge is 0.457 e. The molecule has 1 heterocycles. The van der Waals surface area contributed by atoms with Gasteiger partial charge in [-0.3, -0.25) is 0 Å². The van der Waals surface area contributed by atoms with Crippen molar-refractivity contribution in [3.05, 3.63) is 90.2 Å². The molecule has 1 saturated heterocycles. The smallest absolute Gasteiger partial charge is 0.127 e. The highest BCUT2D eigenvalue weighted by atomic mass is 19.1. The second-order valence-corrected chi connectivity index (χ2v) is 6.95. The molecule has 0 saturated carbocycles. The van der Waals surface area contributed by atoms with Gasteiger partial charge < -0.3 is 14.5 Å². The molecular formula is C23H24FN2O+. The number of quaternary nitrogens is 1. The van der Waals surface area contributed by atoms with Crippen LogP contribution in [0.15, 0.2) is 78.9 Å². The number of halogens is 1. The van der Waals surface area contributed by atoms with E-state index in [0.717, 1.165) is 49.9 Å². The summed E-state index contributed by atoms with van der Waals surface area (Å²) in [5.74, 6) is 1.55. The van der Waals surface area contributed by atoms with Gasteiger partial charge in [-0.25, -0.2) is 4.39 Å². The third-order valence-electron chi connectivity index (χ3n) is 4.99. The summed E-state index contributed by atoms with van der Waals surface area (Å²) in [5.41, 5.74) is 2.39. The Morgan fingerprint density at radius 2 is 1.52 bits per heavy atom. The van der Waals surface area contributed by atoms with E-state index in [0.29, 0.717) is 0 Å². The minimum atomic E-state index is -0.180. The Bertz CT molecular complexity index is 859. The molecule has 4 rings (SSSR count). The molecule has 138 valence electrons. The molecule has 3 nitrogen and oxygen atoms in total. The summed E-state index contributed by atoms with van der Waals surface area (Å²) >= 11 is 0. The standard InChI is InChI=1S/C23H23FN2O/c24-20-9-11-21(12-10-20)26-15-13-25(14-16-26)18-19-5-4-8-23(17-19)27-22-6-2-1-3-7-22/h1-12,17H,13-16,18H2/p+1. The second-order valence-electron chi connectivity index (χ2n) is 6.95. The average Bonchev–Trinajstić information content (AvgIpc) is 2.70. The van der Waals surface area contributed by atoms with Crippen LogP contribution in [0.25, 0.3) is 0 Å². The summed E-state index contributed by atoms with van der Waals surface area (Å²) < 4.78 is 19.0. The first-order chi connectivity index (χ1) is 13.3. The van der Waals surface area contributed by atoms with Gasteiger partial charge in [0.05, 0.1) is 26.2 Å². The molecule has 1 fully saturated rings. The fraction of sp³-hybridized carbons (Fsp3) is 0.217. The van der Waals surface area contributed by atoms with E-state index in [4.69, 9.17) is 4.74 Å². The summed E-state index contributed by atoms with van der Waals surface area (Å²) in [6.45, 7) is 5.11. The van der Waals surface area contributed by atoms with Gasteiger partial charge in [0.15, 0.2) is 0 Å². The summed E-state index contributed by atoms with van der Waals surface area (Å²) in [6, 6.07) is 25.0. The fourth-order valence-electron chi connectivity index (χ4n) is 3.54. The van der Waals surface area contributed by atoms with Gasteiger partial charge in [-0.1, -0.05) is 30.3 Å². The van der Waals surface area contributed by atoms with Crippen molar-refractivity contribution in [2.75, 3.05) is 31.1 Å². The number of rotatable bonds is 5. The number of anilines is 1. The predicted octanol–water partition coefficient (Wildman–Crippen LogP) is 3.52. The lowest BCUT2D eigenvalue weighted by molar-refractivity contribution is -0.914. The topological polar surface area (TPSA) is 16.9 Å².